The van der Waals surface area contributed by atoms with Crippen LogP contribution in [0, 0.1) is 0 Å². The number of halogens is 2. The molecule has 0 spiro atoms. The van der Waals surface area contributed by atoms with Crippen LogP contribution in [0.4, 0.5) is 5.69 Å². The predicted molar refractivity (Wildman–Crippen MR) is 152 cm³/mol. The summed E-state index contributed by atoms with van der Waals surface area (Å²) in [5, 5.41) is 0.909. The fraction of sp³-hybridized carbons (Fsp3) is 0.333. The highest BCUT2D eigenvalue weighted by atomic mass is 35.5. The number of nitrogens with zero attached hydrogens (tertiary/aromatic N) is 2. The first-order chi connectivity index (χ1) is 18.1. The Kier molecular flexibility index (Phi) is 7.96. The van der Waals surface area contributed by atoms with Crippen molar-refractivity contribution in [1.29, 1.82) is 0 Å². The van der Waals surface area contributed by atoms with Crippen molar-refractivity contribution in [2.24, 2.45) is 0 Å². The van der Waals surface area contributed by atoms with Gasteiger partial charge in [-0.05, 0) is 87.4 Å². The molecule has 0 saturated heterocycles. The van der Waals surface area contributed by atoms with Gasteiger partial charge in [0.1, 0.15) is 16.9 Å². The standard InChI is InChI=1S/C30H32Cl2N2O4/c1-7-33(18(2)3)28(35)19-9-12-25(32)23(14-19)30(4)24-15-21(31)10-13-26(24)34(29(30)36)17-20-8-11-22(37-5)16-27(20)38-6/h8-16,18H,7,17H2,1-6H3. The lowest BCUT2D eigenvalue weighted by molar-refractivity contribution is -0.121. The molecule has 1 aliphatic rings. The molecular formula is C30H32Cl2N2O4. The van der Waals surface area contributed by atoms with Gasteiger partial charge in [-0.3, -0.25) is 9.59 Å². The van der Waals surface area contributed by atoms with Crippen molar-refractivity contribution < 1.29 is 19.1 Å². The molecule has 1 heterocycles. The smallest absolute Gasteiger partial charge is 0.254 e. The van der Waals surface area contributed by atoms with Gasteiger partial charge in [0.15, 0.2) is 0 Å². The molecule has 200 valence electrons. The molecule has 4 rings (SSSR count). The van der Waals surface area contributed by atoms with Crippen LogP contribution in [0.15, 0.2) is 54.6 Å². The second kappa shape index (κ2) is 10.9. The fourth-order valence-corrected chi connectivity index (χ4v) is 5.64. The molecule has 0 aromatic heterocycles. The van der Waals surface area contributed by atoms with E-state index in [0.29, 0.717) is 39.2 Å². The highest BCUT2D eigenvalue weighted by Gasteiger charge is 2.50. The second-order valence-corrected chi connectivity index (χ2v) is 10.6. The summed E-state index contributed by atoms with van der Waals surface area (Å²) >= 11 is 13.2. The third kappa shape index (κ3) is 4.72. The summed E-state index contributed by atoms with van der Waals surface area (Å²) in [5.74, 6) is 0.988. The largest absolute Gasteiger partial charge is 0.497 e. The van der Waals surface area contributed by atoms with Crippen molar-refractivity contribution in [2.45, 2.75) is 45.7 Å². The van der Waals surface area contributed by atoms with E-state index in [2.05, 4.69) is 0 Å². The molecule has 0 radical (unpaired) electrons. The Balaban J connectivity index is 1.84. The molecule has 1 atom stereocenters. The summed E-state index contributed by atoms with van der Waals surface area (Å²) in [6.45, 7) is 8.57. The molecule has 8 heteroatoms. The minimum atomic E-state index is -1.16. The average molecular weight is 556 g/mol. The first-order valence-corrected chi connectivity index (χ1v) is 13.3. The quantitative estimate of drug-likeness (QED) is 0.309. The van der Waals surface area contributed by atoms with Crippen LogP contribution in [0.5, 0.6) is 11.5 Å². The molecule has 1 unspecified atom stereocenters. The van der Waals surface area contributed by atoms with Crippen LogP contribution < -0.4 is 14.4 Å². The number of benzene rings is 3. The summed E-state index contributed by atoms with van der Waals surface area (Å²) in [7, 11) is 3.17. The monoisotopic (exact) mass is 554 g/mol. The van der Waals surface area contributed by atoms with E-state index in [1.54, 1.807) is 60.4 Å². The fourth-order valence-electron chi connectivity index (χ4n) is 5.16. The van der Waals surface area contributed by atoms with Crippen molar-refractivity contribution in [2.75, 3.05) is 25.7 Å². The van der Waals surface area contributed by atoms with Gasteiger partial charge in [-0.2, -0.15) is 0 Å². The highest BCUT2D eigenvalue weighted by Crippen LogP contribution is 2.49. The van der Waals surface area contributed by atoms with Gasteiger partial charge in [0.25, 0.3) is 5.91 Å². The number of methoxy groups -OCH3 is 2. The number of amides is 2. The van der Waals surface area contributed by atoms with Gasteiger partial charge in [-0.15, -0.1) is 0 Å². The molecular weight excluding hydrogens is 523 g/mol. The highest BCUT2D eigenvalue weighted by molar-refractivity contribution is 6.33. The zero-order valence-corrected chi connectivity index (χ0v) is 24.0. The van der Waals surface area contributed by atoms with Gasteiger partial charge in [0.05, 0.1) is 20.8 Å². The van der Waals surface area contributed by atoms with E-state index in [9.17, 15) is 9.59 Å². The minimum Gasteiger partial charge on any atom is -0.497 e. The van der Waals surface area contributed by atoms with Gasteiger partial charge in [0.2, 0.25) is 5.91 Å². The Morgan fingerprint density at radius 2 is 1.74 bits per heavy atom. The summed E-state index contributed by atoms with van der Waals surface area (Å²) in [6, 6.07) is 16.1. The van der Waals surface area contributed by atoms with Crippen molar-refractivity contribution in [3.63, 3.8) is 0 Å². The number of fused-ring (bicyclic) bond motifs is 1. The van der Waals surface area contributed by atoms with Crippen molar-refractivity contribution in [1.82, 2.24) is 4.90 Å². The van der Waals surface area contributed by atoms with Crippen LogP contribution in [0.1, 0.15) is 54.7 Å². The second-order valence-electron chi connectivity index (χ2n) is 9.74. The molecule has 0 bridgehead atoms. The van der Waals surface area contributed by atoms with Gasteiger partial charge in [-0.1, -0.05) is 23.2 Å². The maximum Gasteiger partial charge on any atom is 0.254 e. The molecule has 6 nitrogen and oxygen atoms in total. The average Bonchev–Trinajstić information content (AvgIpc) is 3.11. The third-order valence-electron chi connectivity index (χ3n) is 7.26. The Bertz CT molecular complexity index is 1390. The van der Waals surface area contributed by atoms with Gasteiger partial charge in [-0.25, -0.2) is 0 Å². The van der Waals surface area contributed by atoms with E-state index in [1.165, 1.54) is 0 Å². The molecule has 0 aliphatic carbocycles. The molecule has 0 fully saturated rings. The Morgan fingerprint density at radius 3 is 2.37 bits per heavy atom. The Labute approximate surface area is 234 Å². The maximum absolute atomic E-state index is 14.3. The SMILES string of the molecule is CCN(C(=O)c1ccc(Cl)c(C2(C)C(=O)N(Cc3ccc(OC)cc3OC)c3ccc(Cl)cc32)c1)C(C)C. The topological polar surface area (TPSA) is 59.1 Å². The lowest BCUT2D eigenvalue weighted by atomic mass is 9.76. The molecule has 1 aliphatic heterocycles. The van der Waals surface area contributed by atoms with Crippen LogP contribution in [0.25, 0.3) is 0 Å². The number of carbonyl (C=O) groups is 2. The number of anilines is 1. The normalized spacial score (nSPS) is 16.6. The summed E-state index contributed by atoms with van der Waals surface area (Å²) in [4.78, 5) is 31.2. The van der Waals surface area contributed by atoms with E-state index < -0.39 is 5.41 Å². The molecule has 3 aromatic carbocycles. The number of carbonyl (C=O) groups excluding carboxylic acids is 2. The van der Waals surface area contributed by atoms with E-state index in [1.807, 2.05) is 45.9 Å². The summed E-state index contributed by atoms with van der Waals surface area (Å²) in [5.41, 5.74) is 2.14. The molecule has 38 heavy (non-hydrogen) atoms. The van der Waals surface area contributed by atoms with Crippen LogP contribution in [0.2, 0.25) is 10.0 Å². The van der Waals surface area contributed by atoms with Gasteiger partial charge in [0, 0.05) is 45.5 Å². The maximum atomic E-state index is 14.3. The molecule has 3 aromatic rings. The molecule has 0 N–H and O–H groups in total. The lowest BCUT2D eigenvalue weighted by Crippen LogP contribution is -2.40. The summed E-state index contributed by atoms with van der Waals surface area (Å²) < 4.78 is 10.9. The van der Waals surface area contributed by atoms with Crippen LogP contribution in [0.3, 0.4) is 0 Å². The van der Waals surface area contributed by atoms with E-state index in [0.717, 1.165) is 16.8 Å². The number of hydrogen-bond donors (Lipinski definition) is 0. The first kappa shape index (κ1) is 27.8. The molecule has 2 amide bonds. The third-order valence-corrected chi connectivity index (χ3v) is 7.83. The predicted octanol–water partition coefficient (Wildman–Crippen LogP) is 6.73. The van der Waals surface area contributed by atoms with E-state index >= 15 is 0 Å². The van der Waals surface area contributed by atoms with Crippen molar-refractivity contribution in [3.8, 4) is 11.5 Å². The van der Waals surface area contributed by atoms with Crippen molar-refractivity contribution >= 4 is 40.7 Å². The zero-order valence-electron chi connectivity index (χ0n) is 22.5. The van der Waals surface area contributed by atoms with E-state index in [4.69, 9.17) is 32.7 Å². The van der Waals surface area contributed by atoms with Gasteiger partial charge >= 0.3 is 0 Å². The Hall–Kier alpha value is -3.22. The van der Waals surface area contributed by atoms with Crippen molar-refractivity contribution in [3.05, 3.63) is 86.9 Å². The lowest BCUT2D eigenvalue weighted by Gasteiger charge is -2.28. The van der Waals surface area contributed by atoms with Crippen LogP contribution in [-0.4, -0.2) is 43.5 Å². The van der Waals surface area contributed by atoms with Crippen LogP contribution >= 0.6 is 23.2 Å². The number of rotatable bonds is 8. The first-order valence-electron chi connectivity index (χ1n) is 12.5. The van der Waals surface area contributed by atoms with Gasteiger partial charge < -0.3 is 19.3 Å². The number of ether oxygens (including phenoxy) is 2. The number of hydrogen-bond acceptors (Lipinski definition) is 4. The van der Waals surface area contributed by atoms with Crippen LogP contribution in [-0.2, 0) is 16.8 Å². The Morgan fingerprint density at radius 1 is 1.00 bits per heavy atom. The zero-order chi connectivity index (χ0) is 27.8. The molecule has 0 saturated carbocycles. The van der Waals surface area contributed by atoms with E-state index in [-0.39, 0.29) is 24.4 Å². The summed E-state index contributed by atoms with van der Waals surface area (Å²) in [6.07, 6.45) is 0. The minimum absolute atomic E-state index is 0.0322.